The van der Waals surface area contributed by atoms with Crippen molar-refractivity contribution in [1.29, 1.82) is 0 Å². The lowest BCUT2D eigenvalue weighted by molar-refractivity contribution is 1.08. The van der Waals surface area contributed by atoms with E-state index in [9.17, 15) is 0 Å². The highest BCUT2D eigenvalue weighted by Crippen LogP contribution is 2.17. The maximum Gasteiger partial charge on any atom is 0.131 e. The summed E-state index contributed by atoms with van der Waals surface area (Å²) in [6.07, 6.45) is 1.44. The van der Waals surface area contributed by atoms with Crippen molar-refractivity contribution in [2.45, 2.75) is 6.54 Å². The normalized spacial score (nSPS) is 10.1. The number of nitrogens with zero attached hydrogens (tertiary/aromatic N) is 2. The van der Waals surface area contributed by atoms with Crippen LogP contribution < -0.4 is 11.1 Å². The van der Waals surface area contributed by atoms with Gasteiger partial charge in [-0.1, -0.05) is 34.1 Å². The molecule has 4 nitrogen and oxygen atoms in total. The van der Waals surface area contributed by atoms with E-state index < -0.39 is 0 Å². The predicted octanol–water partition coefficient (Wildman–Crippen LogP) is 2.43. The Kier molecular flexibility index (Phi) is 3.36. The van der Waals surface area contributed by atoms with Gasteiger partial charge in [-0.05, 0) is 11.6 Å². The van der Waals surface area contributed by atoms with E-state index in [0.29, 0.717) is 12.4 Å². The molecule has 0 atom stereocenters. The van der Waals surface area contributed by atoms with Gasteiger partial charge in [0.05, 0.1) is 0 Å². The Bertz CT molecular complexity index is 487. The van der Waals surface area contributed by atoms with E-state index in [4.69, 9.17) is 5.73 Å². The third-order valence-corrected chi connectivity index (χ3v) is 2.88. The molecule has 0 fully saturated rings. The molecule has 1 aromatic heterocycles. The summed E-state index contributed by atoms with van der Waals surface area (Å²) >= 11 is 3.49. The first-order valence-electron chi connectivity index (χ1n) is 4.80. The minimum absolute atomic E-state index is 0.463. The fourth-order valence-corrected chi connectivity index (χ4v) is 1.72. The number of nitrogen functional groups attached to an aromatic ring is 1. The molecule has 1 heterocycles. The summed E-state index contributed by atoms with van der Waals surface area (Å²) in [4.78, 5) is 7.90. The van der Waals surface area contributed by atoms with E-state index in [1.54, 1.807) is 6.07 Å². The molecule has 0 saturated heterocycles. The summed E-state index contributed by atoms with van der Waals surface area (Å²) in [5.41, 5.74) is 6.72. The van der Waals surface area contributed by atoms with Gasteiger partial charge in [0.15, 0.2) is 0 Å². The van der Waals surface area contributed by atoms with Crippen molar-refractivity contribution in [3.8, 4) is 0 Å². The summed E-state index contributed by atoms with van der Waals surface area (Å²) in [6.45, 7) is 0.692. The van der Waals surface area contributed by atoms with Gasteiger partial charge in [-0.3, -0.25) is 0 Å². The van der Waals surface area contributed by atoms with Crippen LogP contribution in [0.4, 0.5) is 11.6 Å². The molecule has 3 N–H and O–H groups in total. The van der Waals surface area contributed by atoms with E-state index in [1.165, 1.54) is 11.9 Å². The number of halogens is 1. The van der Waals surface area contributed by atoms with Gasteiger partial charge in [0.25, 0.3) is 0 Å². The van der Waals surface area contributed by atoms with Crippen LogP contribution in [0.3, 0.4) is 0 Å². The Morgan fingerprint density at radius 1 is 1.25 bits per heavy atom. The zero-order valence-corrected chi connectivity index (χ0v) is 10.1. The first-order valence-corrected chi connectivity index (χ1v) is 5.60. The zero-order valence-electron chi connectivity index (χ0n) is 8.52. The number of nitrogens with one attached hydrogen (secondary N) is 1. The van der Waals surface area contributed by atoms with E-state index >= 15 is 0 Å². The molecule has 0 bridgehead atoms. The Labute approximate surface area is 102 Å². The van der Waals surface area contributed by atoms with E-state index in [-0.39, 0.29) is 0 Å². The summed E-state index contributed by atoms with van der Waals surface area (Å²) in [5.74, 6) is 1.19. The van der Waals surface area contributed by atoms with E-state index in [1.807, 2.05) is 24.3 Å². The topological polar surface area (TPSA) is 63.8 Å². The minimum Gasteiger partial charge on any atom is -0.384 e. The summed E-state index contributed by atoms with van der Waals surface area (Å²) in [7, 11) is 0. The molecule has 0 amide bonds. The number of anilines is 2. The summed E-state index contributed by atoms with van der Waals surface area (Å²) < 4.78 is 1.07. The molecular weight excluding hydrogens is 268 g/mol. The van der Waals surface area contributed by atoms with Gasteiger partial charge in [-0.25, -0.2) is 9.97 Å². The number of rotatable bonds is 3. The van der Waals surface area contributed by atoms with Gasteiger partial charge in [-0.15, -0.1) is 0 Å². The molecule has 0 aliphatic rings. The Balaban J connectivity index is 2.05. The molecule has 0 spiro atoms. The molecule has 2 aromatic rings. The van der Waals surface area contributed by atoms with Crippen LogP contribution in [0.2, 0.25) is 0 Å². The molecule has 0 radical (unpaired) electrons. The third-order valence-electron chi connectivity index (χ3n) is 2.11. The quantitative estimate of drug-likeness (QED) is 0.905. The minimum atomic E-state index is 0.463. The Morgan fingerprint density at radius 3 is 2.81 bits per heavy atom. The largest absolute Gasteiger partial charge is 0.384 e. The molecule has 16 heavy (non-hydrogen) atoms. The molecule has 82 valence electrons. The summed E-state index contributed by atoms with van der Waals surface area (Å²) in [6, 6.07) is 9.73. The highest BCUT2D eigenvalue weighted by atomic mass is 79.9. The van der Waals surface area contributed by atoms with Gasteiger partial charge in [0.2, 0.25) is 0 Å². The highest BCUT2D eigenvalue weighted by Gasteiger charge is 1.99. The van der Waals surface area contributed by atoms with Crippen LogP contribution in [0.5, 0.6) is 0 Å². The van der Waals surface area contributed by atoms with Crippen LogP contribution in [0, 0.1) is 0 Å². The summed E-state index contributed by atoms with van der Waals surface area (Å²) in [5, 5.41) is 3.18. The van der Waals surface area contributed by atoms with Crippen LogP contribution in [0.1, 0.15) is 5.56 Å². The molecule has 1 aromatic carbocycles. The highest BCUT2D eigenvalue weighted by molar-refractivity contribution is 9.10. The van der Waals surface area contributed by atoms with Crippen LogP contribution in [0.15, 0.2) is 41.1 Å². The number of benzene rings is 1. The zero-order chi connectivity index (χ0) is 11.4. The molecule has 0 unspecified atom stereocenters. The Morgan fingerprint density at radius 2 is 2.06 bits per heavy atom. The molecule has 0 aliphatic heterocycles. The first kappa shape index (κ1) is 10.9. The second-order valence-electron chi connectivity index (χ2n) is 3.27. The van der Waals surface area contributed by atoms with Crippen molar-refractivity contribution < 1.29 is 0 Å². The van der Waals surface area contributed by atoms with E-state index in [2.05, 4.69) is 31.2 Å². The van der Waals surface area contributed by atoms with Crippen molar-refractivity contribution in [2.24, 2.45) is 0 Å². The van der Waals surface area contributed by atoms with Gasteiger partial charge in [0.1, 0.15) is 18.0 Å². The van der Waals surface area contributed by atoms with E-state index in [0.717, 1.165) is 10.3 Å². The monoisotopic (exact) mass is 278 g/mol. The van der Waals surface area contributed by atoms with Gasteiger partial charge in [0, 0.05) is 17.1 Å². The van der Waals surface area contributed by atoms with Crippen molar-refractivity contribution >= 4 is 27.6 Å². The Hall–Kier alpha value is -1.62. The third kappa shape index (κ3) is 2.70. The smallest absolute Gasteiger partial charge is 0.131 e. The molecule has 5 heteroatoms. The van der Waals surface area contributed by atoms with Crippen LogP contribution in [-0.2, 0) is 6.54 Å². The number of hydrogen-bond donors (Lipinski definition) is 2. The van der Waals surface area contributed by atoms with Gasteiger partial charge < -0.3 is 11.1 Å². The maximum absolute atomic E-state index is 5.56. The van der Waals surface area contributed by atoms with Crippen molar-refractivity contribution in [1.82, 2.24) is 9.97 Å². The van der Waals surface area contributed by atoms with Gasteiger partial charge >= 0.3 is 0 Å². The maximum atomic E-state index is 5.56. The number of aromatic nitrogens is 2. The predicted molar refractivity (Wildman–Crippen MR) is 67.9 cm³/mol. The molecule has 0 saturated carbocycles. The van der Waals surface area contributed by atoms with Crippen LogP contribution in [-0.4, -0.2) is 9.97 Å². The van der Waals surface area contributed by atoms with Crippen molar-refractivity contribution in [3.63, 3.8) is 0 Å². The lowest BCUT2D eigenvalue weighted by Crippen LogP contribution is -2.03. The molecule has 2 rings (SSSR count). The van der Waals surface area contributed by atoms with Crippen LogP contribution >= 0.6 is 15.9 Å². The number of hydrogen-bond acceptors (Lipinski definition) is 4. The van der Waals surface area contributed by atoms with Gasteiger partial charge in [-0.2, -0.15) is 0 Å². The average Bonchev–Trinajstić information content (AvgIpc) is 2.28. The second kappa shape index (κ2) is 4.94. The second-order valence-corrected chi connectivity index (χ2v) is 4.13. The lowest BCUT2D eigenvalue weighted by atomic mass is 10.2. The lowest BCUT2D eigenvalue weighted by Gasteiger charge is -2.07. The average molecular weight is 279 g/mol. The van der Waals surface area contributed by atoms with Crippen molar-refractivity contribution in [3.05, 3.63) is 46.7 Å². The van der Waals surface area contributed by atoms with Crippen LogP contribution in [0.25, 0.3) is 0 Å². The fraction of sp³-hybridized carbons (Fsp3) is 0.0909. The SMILES string of the molecule is Nc1cc(NCc2ccccc2Br)ncn1. The molecular formula is C11H11BrN4. The van der Waals surface area contributed by atoms with Crippen molar-refractivity contribution in [2.75, 3.05) is 11.1 Å². The standard InChI is InChI=1S/C11H11BrN4/c12-9-4-2-1-3-8(9)6-14-11-5-10(13)15-7-16-11/h1-5,7H,6H2,(H3,13,14,15,16). The number of nitrogens with two attached hydrogens (primary N) is 1. The molecule has 0 aliphatic carbocycles. The fourth-order valence-electron chi connectivity index (χ4n) is 1.30. The first-order chi connectivity index (χ1) is 7.75.